The van der Waals surface area contributed by atoms with Crippen molar-refractivity contribution in [3.05, 3.63) is 53.6 Å². The van der Waals surface area contributed by atoms with Gasteiger partial charge in [0.15, 0.2) is 0 Å². The fourth-order valence-electron chi connectivity index (χ4n) is 3.47. The molecular weight excluding hydrogens is 436 g/mol. The molecule has 31 heavy (non-hydrogen) atoms. The summed E-state index contributed by atoms with van der Waals surface area (Å²) in [6, 6.07) is 10.7. The van der Waals surface area contributed by atoms with E-state index in [0.29, 0.717) is 24.6 Å². The van der Waals surface area contributed by atoms with Gasteiger partial charge in [-0.25, -0.2) is 13.2 Å². The highest BCUT2D eigenvalue weighted by atomic mass is 32.2. The van der Waals surface area contributed by atoms with E-state index in [-0.39, 0.29) is 22.1 Å². The molecule has 0 aliphatic carbocycles. The molecule has 0 bridgehead atoms. The second kappa shape index (κ2) is 9.74. The molecule has 0 saturated carbocycles. The Morgan fingerprint density at radius 1 is 1.10 bits per heavy atom. The Bertz CT molecular complexity index is 1080. The minimum absolute atomic E-state index is 0.0429. The van der Waals surface area contributed by atoms with Crippen LogP contribution in [0, 0.1) is 5.92 Å². The molecule has 2 aromatic rings. The topological polar surface area (TPSA) is 92.8 Å². The van der Waals surface area contributed by atoms with Crippen LogP contribution in [0.25, 0.3) is 0 Å². The molecule has 1 heterocycles. The van der Waals surface area contributed by atoms with Crippen LogP contribution in [0.15, 0.2) is 52.3 Å². The Kier molecular flexibility index (Phi) is 7.27. The summed E-state index contributed by atoms with van der Waals surface area (Å²) >= 11 is 1.40. The minimum Gasteiger partial charge on any atom is -0.465 e. The van der Waals surface area contributed by atoms with Gasteiger partial charge in [-0.2, -0.15) is 0 Å². The largest absolute Gasteiger partial charge is 0.465 e. The summed E-state index contributed by atoms with van der Waals surface area (Å²) in [5.41, 5.74) is 0.584. The number of sulfonamides is 1. The number of piperidine rings is 1. The molecule has 1 fully saturated rings. The monoisotopic (exact) mass is 462 g/mol. The second-order valence-corrected chi connectivity index (χ2v) is 10.0. The second-order valence-electron chi connectivity index (χ2n) is 7.48. The molecule has 9 heteroatoms. The number of nitrogens with one attached hydrogen (secondary N) is 1. The van der Waals surface area contributed by atoms with E-state index in [9.17, 15) is 18.0 Å². The van der Waals surface area contributed by atoms with Crippen molar-refractivity contribution in [3.63, 3.8) is 0 Å². The maximum absolute atomic E-state index is 13.1. The van der Waals surface area contributed by atoms with E-state index in [4.69, 9.17) is 4.74 Å². The van der Waals surface area contributed by atoms with E-state index in [1.54, 1.807) is 23.1 Å². The van der Waals surface area contributed by atoms with Gasteiger partial charge in [0.25, 0.3) is 15.9 Å². The van der Waals surface area contributed by atoms with E-state index in [1.807, 2.05) is 6.26 Å². The zero-order valence-corrected chi connectivity index (χ0v) is 19.4. The first-order valence-electron chi connectivity index (χ1n) is 9.94. The molecule has 0 aromatic heterocycles. The minimum atomic E-state index is -4.04. The van der Waals surface area contributed by atoms with Crippen molar-refractivity contribution in [2.45, 2.75) is 29.6 Å². The summed E-state index contributed by atoms with van der Waals surface area (Å²) in [6.45, 7) is 3.49. The average Bonchev–Trinajstić information content (AvgIpc) is 2.78. The van der Waals surface area contributed by atoms with Crippen molar-refractivity contribution in [3.8, 4) is 0 Å². The number of nitrogens with zero attached hydrogens (tertiary/aromatic N) is 1. The SMILES string of the molecule is COC(=O)c1ccccc1NS(=O)(=O)c1ccc(SC)c(C(=O)N2CCC(C)CC2)c1. The zero-order chi connectivity index (χ0) is 22.6. The number of rotatable bonds is 6. The lowest BCUT2D eigenvalue weighted by Gasteiger charge is -2.30. The highest BCUT2D eigenvalue weighted by molar-refractivity contribution is 7.98. The predicted octanol–water partition coefficient (Wildman–Crippen LogP) is 3.87. The Hall–Kier alpha value is -2.52. The van der Waals surface area contributed by atoms with Crippen molar-refractivity contribution in [2.75, 3.05) is 31.2 Å². The molecule has 3 rings (SSSR count). The Morgan fingerprint density at radius 3 is 2.42 bits per heavy atom. The number of carbonyl (C=O) groups is 2. The van der Waals surface area contributed by atoms with Gasteiger partial charge in [-0.05, 0) is 55.3 Å². The molecule has 1 aliphatic heterocycles. The molecule has 7 nitrogen and oxygen atoms in total. The highest BCUT2D eigenvalue weighted by Crippen LogP contribution is 2.28. The average molecular weight is 463 g/mol. The van der Waals surface area contributed by atoms with Crippen molar-refractivity contribution >= 4 is 39.3 Å². The van der Waals surface area contributed by atoms with Gasteiger partial charge in [-0.3, -0.25) is 9.52 Å². The van der Waals surface area contributed by atoms with E-state index in [2.05, 4.69) is 11.6 Å². The maximum Gasteiger partial charge on any atom is 0.339 e. The Labute approximate surface area is 187 Å². The molecule has 0 atom stereocenters. The predicted molar refractivity (Wildman–Crippen MR) is 121 cm³/mol. The number of para-hydroxylation sites is 1. The smallest absolute Gasteiger partial charge is 0.339 e. The molecule has 0 spiro atoms. The first-order chi connectivity index (χ1) is 14.8. The molecule has 0 unspecified atom stereocenters. The summed E-state index contributed by atoms with van der Waals surface area (Å²) in [6.07, 6.45) is 3.72. The van der Waals surface area contributed by atoms with Gasteiger partial charge in [0.05, 0.1) is 28.8 Å². The number of anilines is 1. The zero-order valence-electron chi connectivity index (χ0n) is 17.8. The Morgan fingerprint density at radius 2 is 1.77 bits per heavy atom. The van der Waals surface area contributed by atoms with Crippen molar-refractivity contribution in [1.29, 1.82) is 0 Å². The van der Waals surface area contributed by atoms with Crippen LogP contribution >= 0.6 is 11.8 Å². The number of hydrogen-bond donors (Lipinski definition) is 1. The normalized spacial score (nSPS) is 14.9. The molecule has 1 N–H and O–H groups in total. The summed E-state index contributed by atoms with van der Waals surface area (Å²) in [5.74, 6) is -0.232. The van der Waals surface area contributed by atoms with Gasteiger partial charge in [0, 0.05) is 18.0 Å². The summed E-state index contributed by atoms with van der Waals surface area (Å²) in [5, 5.41) is 0. The lowest BCUT2D eigenvalue weighted by atomic mass is 9.98. The molecule has 1 aliphatic rings. The number of carbonyl (C=O) groups excluding carboxylic acids is 2. The maximum atomic E-state index is 13.1. The summed E-state index contributed by atoms with van der Waals surface area (Å²) < 4.78 is 33.3. The fourth-order valence-corrected chi connectivity index (χ4v) is 5.14. The molecule has 1 saturated heterocycles. The van der Waals surface area contributed by atoms with Crippen LogP contribution in [-0.2, 0) is 14.8 Å². The van der Waals surface area contributed by atoms with Gasteiger partial charge in [0.2, 0.25) is 0 Å². The third-order valence-corrected chi connectivity index (χ3v) is 7.52. The van der Waals surface area contributed by atoms with Gasteiger partial charge in [0.1, 0.15) is 0 Å². The van der Waals surface area contributed by atoms with Crippen molar-refractivity contribution in [1.82, 2.24) is 4.90 Å². The first kappa shape index (κ1) is 23.1. The number of amides is 1. The number of methoxy groups -OCH3 is 1. The standard InChI is InChI=1S/C22H26N2O5S2/c1-15-10-12-24(13-11-15)21(25)18-14-16(8-9-20(18)30-3)31(27,28)23-19-7-5-4-6-17(19)22(26)29-2/h4-9,14-15,23H,10-13H2,1-3H3. The summed E-state index contributed by atoms with van der Waals surface area (Å²) in [4.78, 5) is 27.6. The van der Waals surface area contributed by atoms with Crippen LogP contribution in [0.5, 0.6) is 0 Å². The molecule has 1 amide bonds. The highest BCUT2D eigenvalue weighted by Gasteiger charge is 2.26. The number of esters is 1. The number of hydrogen-bond acceptors (Lipinski definition) is 6. The number of thioether (sulfide) groups is 1. The molecule has 2 aromatic carbocycles. The molecular formula is C22H26N2O5S2. The third-order valence-electron chi connectivity index (χ3n) is 5.36. The van der Waals surface area contributed by atoms with E-state index in [1.165, 1.54) is 43.1 Å². The van der Waals surface area contributed by atoms with Gasteiger partial charge < -0.3 is 9.64 Å². The van der Waals surface area contributed by atoms with Crippen LogP contribution in [0.1, 0.15) is 40.5 Å². The van der Waals surface area contributed by atoms with E-state index >= 15 is 0 Å². The van der Waals surface area contributed by atoms with Gasteiger partial charge in [-0.1, -0.05) is 19.1 Å². The van der Waals surface area contributed by atoms with Crippen LogP contribution in [-0.4, -0.2) is 51.6 Å². The van der Waals surface area contributed by atoms with Crippen LogP contribution in [0.3, 0.4) is 0 Å². The lowest BCUT2D eigenvalue weighted by Crippen LogP contribution is -2.38. The lowest BCUT2D eigenvalue weighted by molar-refractivity contribution is 0.0601. The molecule has 166 valence electrons. The fraction of sp³-hybridized carbons (Fsp3) is 0.364. The number of benzene rings is 2. The number of likely N-dealkylation sites (tertiary alicyclic amines) is 1. The number of ether oxygens (including phenoxy) is 1. The quantitative estimate of drug-likeness (QED) is 0.518. The van der Waals surface area contributed by atoms with Gasteiger partial charge >= 0.3 is 5.97 Å². The summed E-state index contributed by atoms with van der Waals surface area (Å²) in [7, 11) is -2.81. The Balaban J connectivity index is 1.93. The first-order valence-corrected chi connectivity index (χ1v) is 12.6. The van der Waals surface area contributed by atoms with Crippen molar-refractivity contribution < 1.29 is 22.7 Å². The van der Waals surface area contributed by atoms with Gasteiger partial charge in [-0.15, -0.1) is 11.8 Å². The van der Waals surface area contributed by atoms with E-state index in [0.717, 1.165) is 17.7 Å². The third kappa shape index (κ3) is 5.22. The van der Waals surface area contributed by atoms with Crippen LogP contribution in [0.4, 0.5) is 5.69 Å². The van der Waals surface area contributed by atoms with Crippen molar-refractivity contribution in [2.24, 2.45) is 5.92 Å². The molecule has 0 radical (unpaired) electrons. The van der Waals surface area contributed by atoms with E-state index < -0.39 is 16.0 Å². The van der Waals surface area contributed by atoms with Crippen LogP contribution < -0.4 is 4.72 Å². The van der Waals surface area contributed by atoms with Crippen LogP contribution in [0.2, 0.25) is 0 Å².